The van der Waals surface area contributed by atoms with Crippen molar-refractivity contribution in [1.82, 2.24) is 4.98 Å². The van der Waals surface area contributed by atoms with E-state index >= 15 is 0 Å². The minimum Gasteiger partial charge on any atom is -0.361 e. The van der Waals surface area contributed by atoms with E-state index in [4.69, 9.17) is 5.26 Å². The highest BCUT2D eigenvalue weighted by molar-refractivity contribution is 5.88. The molecule has 0 aliphatic rings. The molecule has 15 heavy (non-hydrogen) atoms. The van der Waals surface area contributed by atoms with E-state index in [9.17, 15) is 0 Å². The van der Waals surface area contributed by atoms with E-state index in [1.807, 2.05) is 6.20 Å². The van der Waals surface area contributed by atoms with E-state index in [0.717, 1.165) is 6.42 Å². The molecule has 0 bridgehead atoms. The third kappa shape index (κ3) is 1.61. The molecule has 1 heterocycles. The van der Waals surface area contributed by atoms with Crippen LogP contribution in [0.5, 0.6) is 0 Å². The number of hydrogen-bond donors (Lipinski definition) is 1. The molecule has 0 spiro atoms. The van der Waals surface area contributed by atoms with Gasteiger partial charge in [0, 0.05) is 23.5 Å². The lowest BCUT2D eigenvalue weighted by Gasteiger charge is -2.02. The van der Waals surface area contributed by atoms with Gasteiger partial charge in [-0.3, -0.25) is 0 Å². The van der Waals surface area contributed by atoms with Gasteiger partial charge in [-0.2, -0.15) is 5.26 Å². The van der Waals surface area contributed by atoms with Gasteiger partial charge in [-0.15, -0.1) is 0 Å². The Balaban J connectivity index is 2.59. The van der Waals surface area contributed by atoms with Gasteiger partial charge in [0.05, 0.1) is 6.07 Å². The van der Waals surface area contributed by atoms with Crippen LogP contribution in [0.4, 0.5) is 0 Å². The van der Waals surface area contributed by atoms with E-state index in [1.54, 1.807) is 0 Å². The Labute approximate surface area is 89.5 Å². The van der Waals surface area contributed by atoms with Crippen molar-refractivity contribution in [3.63, 3.8) is 0 Å². The van der Waals surface area contributed by atoms with Crippen molar-refractivity contribution in [1.29, 1.82) is 5.26 Å². The van der Waals surface area contributed by atoms with Crippen LogP contribution in [0.1, 0.15) is 23.1 Å². The van der Waals surface area contributed by atoms with Gasteiger partial charge >= 0.3 is 0 Å². The van der Waals surface area contributed by atoms with Gasteiger partial charge in [-0.25, -0.2) is 0 Å². The molecule has 0 saturated heterocycles. The van der Waals surface area contributed by atoms with Crippen molar-refractivity contribution in [3.05, 3.63) is 35.0 Å². The number of benzene rings is 1. The van der Waals surface area contributed by atoms with E-state index < -0.39 is 0 Å². The number of hydrogen-bond acceptors (Lipinski definition) is 1. The number of aryl methyl sites for hydroxylation is 3. The summed E-state index contributed by atoms with van der Waals surface area (Å²) < 4.78 is 0. The molecule has 1 N–H and O–H groups in total. The summed E-state index contributed by atoms with van der Waals surface area (Å²) in [6, 6.07) is 6.46. The third-order valence-corrected chi connectivity index (χ3v) is 2.84. The van der Waals surface area contributed by atoms with Crippen LogP contribution in [-0.4, -0.2) is 4.98 Å². The number of H-pyrrole nitrogens is 1. The lowest BCUT2D eigenvalue weighted by molar-refractivity contribution is 1.02. The monoisotopic (exact) mass is 198 g/mol. The zero-order valence-corrected chi connectivity index (χ0v) is 9.09. The van der Waals surface area contributed by atoms with Crippen LogP contribution in [0.25, 0.3) is 10.9 Å². The summed E-state index contributed by atoms with van der Waals surface area (Å²) in [6.07, 6.45) is 3.45. The molecule has 0 atom stereocenters. The van der Waals surface area contributed by atoms with Gasteiger partial charge in [0.1, 0.15) is 0 Å². The molecule has 0 amide bonds. The van der Waals surface area contributed by atoms with Gasteiger partial charge in [-0.1, -0.05) is 12.1 Å². The Morgan fingerprint density at radius 3 is 2.73 bits per heavy atom. The molecule has 1 aromatic heterocycles. The summed E-state index contributed by atoms with van der Waals surface area (Å²) in [4.78, 5) is 3.30. The second kappa shape index (κ2) is 3.78. The topological polar surface area (TPSA) is 39.6 Å². The van der Waals surface area contributed by atoms with Crippen LogP contribution < -0.4 is 0 Å². The van der Waals surface area contributed by atoms with Crippen LogP contribution in [0, 0.1) is 25.2 Å². The van der Waals surface area contributed by atoms with Gasteiger partial charge in [0.25, 0.3) is 0 Å². The summed E-state index contributed by atoms with van der Waals surface area (Å²) >= 11 is 0. The maximum Gasteiger partial charge on any atom is 0.0625 e. The fraction of sp³-hybridized carbons (Fsp3) is 0.308. The maximum atomic E-state index is 8.60. The van der Waals surface area contributed by atoms with Crippen LogP contribution in [0.2, 0.25) is 0 Å². The highest BCUT2D eigenvalue weighted by Crippen LogP contribution is 2.25. The Kier molecular flexibility index (Phi) is 2.47. The normalized spacial score (nSPS) is 10.5. The zero-order valence-electron chi connectivity index (χ0n) is 9.09. The lowest BCUT2D eigenvalue weighted by Crippen LogP contribution is -1.85. The fourth-order valence-electron chi connectivity index (χ4n) is 2.03. The number of rotatable bonds is 2. The minimum absolute atomic E-state index is 0.584. The number of aromatic nitrogens is 1. The minimum atomic E-state index is 0.584. The number of nitriles is 1. The first-order valence-corrected chi connectivity index (χ1v) is 5.17. The summed E-state index contributed by atoms with van der Waals surface area (Å²) in [5.74, 6) is 0. The van der Waals surface area contributed by atoms with Crippen molar-refractivity contribution in [2.24, 2.45) is 0 Å². The largest absolute Gasteiger partial charge is 0.361 e. The molecule has 0 aliphatic heterocycles. The van der Waals surface area contributed by atoms with Gasteiger partial charge in [0.15, 0.2) is 0 Å². The summed E-state index contributed by atoms with van der Waals surface area (Å²) in [7, 11) is 0. The predicted octanol–water partition coefficient (Wildman–Crippen LogP) is 3.24. The zero-order chi connectivity index (χ0) is 10.8. The predicted molar refractivity (Wildman–Crippen MR) is 61.7 cm³/mol. The van der Waals surface area contributed by atoms with Crippen molar-refractivity contribution < 1.29 is 0 Å². The first-order valence-electron chi connectivity index (χ1n) is 5.17. The molecule has 0 radical (unpaired) electrons. The second-order valence-electron chi connectivity index (χ2n) is 3.92. The van der Waals surface area contributed by atoms with Crippen molar-refractivity contribution >= 4 is 10.9 Å². The molecular weight excluding hydrogens is 184 g/mol. The van der Waals surface area contributed by atoms with Crippen LogP contribution >= 0.6 is 0 Å². The Morgan fingerprint density at radius 1 is 1.27 bits per heavy atom. The lowest BCUT2D eigenvalue weighted by atomic mass is 10.0. The standard InChI is InChI=1S/C13H14N2/c1-9-5-6-10(2)13-12(9)11(8-15-13)4-3-7-14/h5-6,8,15H,3-4H2,1-2H3. The molecule has 0 unspecified atom stereocenters. The van der Waals surface area contributed by atoms with E-state index in [1.165, 1.54) is 27.6 Å². The quantitative estimate of drug-likeness (QED) is 0.790. The van der Waals surface area contributed by atoms with Crippen molar-refractivity contribution in [3.8, 4) is 6.07 Å². The first-order chi connectivity index (χ1) is 7.24. The summed E-state index contributed by atoms with van der Waals surface area (Å²) in [5.41, 5.74) is 5.01. The van der Waals surface area contributed by atoms with E-state index in [0.29, 0.717) is 6.42 Å². The molecule has 2 aromatic rings. The number of nitrogens with zero attached hydrogens (tertiary/aromatic N) is 1. The Hall–Kier alpha value is -1.75. The van der Waals surface area contributed by atoms with E-state index in [2.05, 4.69) is 37.0 Å². The van der Waals surface area contributed by atoms with Crippen LogP contribution in [-0.2, 0) is 6.42 Å². The molecule has 76 valence electrons. The average Bonchev–Trinajstić information content (AvgIpc) is 2.65. The fourth-order valence-corrected chi connectivity index (χ4v) is 2.03. The molecule has 2 heteroatoms. The molecule has 0 fully saturated rings. The average molecular weight is 198 g/mol. The van der Waals surface area contributed by atoms with Gasteiger partial charge in [0.2, 0.25) is 0 Å². The highest BCUT2D eigenvalue weighted by atomic mass is 14.7. The molecule has 2 nitrogen and oxygen atoms in total. The molecule has 0 aliphatic carbocycles. The summed E-state index contributed by atoms with van der Waals surface area (Å²) in [5, 5.41) is 9.90. The van der Waals surface area contributed by atoms with Crippen LogP contribution in [0.3, 0.4) is 0 Å². The smallest absolute Gasteiger partial charge is 0.0625 e. The third-order valence-electron chi connectivity index (χ3n) is 2.84. The number of fused-ring (bicyclic) bond motifs is 1. The SMILES string of the molecule is Cc1ccc(C)c2c(CCC#N)c[nH]c12. The number of nitrogens with one attached hydrogen (secondary N) is 1. The van der Waals surface area contributed by atoms with Gasteiger partial charge < -0.3 is 4.98 Å². The number of aromatic amines is 1. The maximum absolute atomic E-state index is 8.60. The Morgan fingerprint density at radius 2 is 2.00 bits per heavy atom. The molecular formula is C13H14N2. The first kappa shape index (κ1) is 9.79. The van der Waals surface area contributed by atoms with E-state index in [-0.39, 0.29) is 0 Å². The summed E-state index contributed by atoms with van der Waals surface area (Å²) in [6.45, 7) is 4.22. The van der Waals surface area contributed by atoms with Crippen molar-refractivity contribution in [2.75, 3.05) is 0 Å². The molecule has 2 rings (SSSR count). The van der Waals surface area contributed by atoms with Crippen LogP contribution in [0.15, 0.2) is 18.3 Å². The van der Waals surface area contributed by atoms with Crippen molar-refractivity contribution in [2.45, 2.75) is 26.7 Å². The van der Waals surface area contributed by atoms with Gasteiger partial charge in [-0.05, 0) is 37.0 Å². The Bertz CT molecular complexity index is 529. The highest BCUT2D eigenvalue weighted by Gasteiger charge is 2.07. The molecule has 0 saturated carbocycles. The molecule has 1 aromatic carbocycles. The second-order valence-corrected chi connectivity index (χ2v) is 3.92.